The molecule has 2 aromatic rings. The summed E-state index contributed by atoms with van der Waals surface area (Å²) in [5.41, 5.74) is 6.84. The Labute approximate surface area is 87.1 Å². The summed E-state index contributed by atoms with van der Waals surface area (Å²) in [6.45, 7) is 0.365. The zero-order valence-electron chi connectivity index (χ0n) is 8.41. The number of carbonyl (C=O) groups is 1. The molecule has 0 saturated heterocycles. The molecule has 4 nitrogen and oxygen atoms in total. The lowest BCUT2D eigenvalue weighted by molar-refractivity contribution is 0.0963. The highest BCUT2D eigenvalue weighted by Crippen LogP contribution is 2.20. The van der Waals surface area contributed by atoms with Gasteiger partial charge in [-0.3, -0.25) is 4.79 Å². The molecule has 0 fully saturated rings. The van der Waals surface area contributed by atoms with Crippen LogP contribution >= 0.6 is 0 Å². The molecular formula is C11H12N2O2. The second-order valence-corrected chi connectivity index (χ2v) is 3.25. The average Bonchev–Trinajstić information content (AvgIpc) is 2.69. The van der Waals surface area contributed by atoms with Crippen molar-refractivity contribution in [2.75, 3.05) is 7.05 Å². The molecule has 78 valence electrons. The van der Waals surface area contributed by atoms with Crippen molar-refractivity contribution in [3.63, 3.8) is 0 Å². The fourth-order valence-corrected chi connectivity index (χ4v) is 1.48. The number of furan rings is 1. The van der Waals surface area contributed by atoms with E-state index in [-0.39, 0.29) is 5.91 Å². The minimum atomic E-state index is -0.104. The van der Waals surface area contributed by atoms with Gasteiger partial charge in [0, 0.05) is 18.0 Å². The smallest absolute Gasteiger partial charge is 0.251 e. The maximum Gasteiger partial charge on any atom is 0.251 e. The summed E-state index contributed by atoms with van der Waals surface area (Å²) in [6, 6.07) is 7.14. The standard InChI is InChI=1S/C11H12N2O2/c1-13-11(14)7-2-3-10-8(4-7)5-9(6-12)15-10/h2-5H,6,12H2,1H3,(H,13,14). The van der Waals surface area contributed by atoms with E-state index in [1.165, 1.54) is 0 Å². The summed E-state index contributed by atoms with van der Waals surface area (Å²) in [7, 11) is 1.60. The number of hydrogen-bond acceptors (Lipinski definition) is 3. The number of nitrogens with one attached hydrogen (secondary N) is 1. The zero-order chi connectivity index (χ0) is 10.8. The van der Waals surface area contributed by atoms with Gasteiger partial charge in [-0.25, -0.2) is 0 Å². The van der Waals surface area contributed by atoms with Crippen LogP contribution in [-0.2, 0) is 6.54 Å². The molecule has 0 aliphatic heterocycles. The first-order chi connectivity index (χ1) is 7.24. The summed E-state index contributed by atoms with van der Waals surface area (Å²) < 4.78 is 5.43. The van der Waals surface area contributed by atoms with Crippen molar-refractivity contribution < 1.29 is 9.21 Å². The normalized spacial score (nSPS) is 10.5. The minimum absolute atomic E-state index is 0.104. The Bertz CT molecular complexity index is 502. The summed E-state index contributed by atoms with van der Waals surface area (Å²) in [6.07, 6.45) is 0. The second-order valence-electron chi connectivity index (χ2n) is 3.25. The summed E-state index contributed by atoms with van der Waals surface area (Å²) in [4.78, 5) is 11.4. The molecular weight excluding hydrogens is 192 g/mol. The monoisotopic (exact) mass is 204 g/mol. The lowest BCUT2D eigenvalue weighted by atomic mass is 10.1. The van der Waals surface area contributed by atoms with Crippen LogP contribution in [0, 0.1) is 0 Å². The molecule has 1 heterocycles. The quantitative estimate of drug-likeness (QED) is 0.773. The molecule has 0 aliphatic rings. The van der Waals surface area contributed by atoms with E-state index in [0.29, 0.717) is 12.1 Å². The van der Waals surface area contributed by atoms with Crippen molar-refractivity contribution >= 4 is 16.9 Å². The molecule has 4 heteroatoms. The Morgan fingerprint density at radius 1 is 1.47 bits per heavy atom. The number of hydrogen-bond donors (Lipinski definition) is 2. The van der Waals surface area contributed by atoms with Crippen molar-refractivity contribution in [3.05, 3.63) is 35.6 Å². The maximum absolute atomic E-state index is 11.4. The molecule has 0 unspecified atom stereocenters. The number of nitrogens with two attached hydrogens (primary N) is 1. The Morgan fingerprint density at radius 2 is 2.27 bits per heavy atom. The SMILES string of the molecule is CNC(=O)c1ccc2oc(CN)cc2c1. The van der Waals surface area contributed by atoms with Crippen molar-refractivity contribution in [2.24, 2.45) is 5.73 Å². The van der Waals surface area contributed by atoms with Gasteiger partial charge in [-0.05, 0) is 24.3 Å². The van der Waals surface area contributed by atoms with E-state index in [4.69, 9.17) is 10.2 Å². The van der Waals surface area contributed by atoms with Crippen LogP contribution in [0.5, 0.6) is 0 Å². The Kier molecular flexibility index (Phi) is 2.43. The zero-order valence-corrected chi connectivity index (χ0v) is 8.41. The van der Waals surface area contributed by atoms with Gasteiger partial charge in [0.2, 0.25) is 0 Å². The van der Waals surface area contributed by atoms with Crippen LogP contribution in [0.1, 0.15) is 16.1 Å². The third-order valence-electron chi connectivity index (χ3n) is 2.26. The molecule has 0 radical (unpaired) electrons. The van der Waals surface area contributed by atoms with Crippen LogP contribution < -0.4 is 11.1 Å². The van der Waals surface area contributed by atoms with Gasteiger partial charge < -0.3 is 15.5 Å². The van der Waals surface area contributed by atoms with Gasteiger partial charge in [0.25, 0.3) is 5.91 Å². The third kappa shape index (κ3) is 1.71. The molecule has 15 heavy (non-hydrogen) atoms. The molecule has 1 aromatic heterocycles. The topological polar surface area (TPSA) is 68.3 Å². The van der Waals surface area contributed by atoms with E-state index in [1.807, 2.05) is 6.07 Å². The summed E-state index contributed by atoms with van der Waals surface area (Å²) in [5.74, 6) is 0.617. The Hall–Kier alpha value is -1.81. The molecule has 0 saturated carbocycles. The van der Waals surface area contributed by atoms with E-state index in [2.05, 4.69) is 5.32 Å². The fourth-order valence-electron chi connectivity index (χ4n) is 1.48. The molecule has 0 bridgehead atoms. The number of benzene rings is 1. The van der Waals surface area contributed by atoms with E-state index in [0.717, 1.165) is 16.7 Å². The largest absolute Gasteiger partial charge is 0.460 e. The minimum Gasteiger partial charge on any atom is -0.460 e. The van der Waals surface area contributed by atoms with E-state index < -0.39 is 0 Å². The maximum atomic E-state index is 11.4. The van der Waals surface area contributed by atoms with Crippen LogP contribution in [0.4, 0.5) is 0 Å². The number of carbonyl (C=O) groups excluding carboxylic acids is 1. The fraction of sp³-hybridized carbons (Fsp3) is 0.182. The molecule has 0 aliphatic carbocycles. The first-order valence-corrected chi connectivity index (χ1v) is 4.69. The van der Waals surface area contributed by atoms with Gasteiger partial charge in [0.05, 0.1) is 6.54 Å². The highest BCUT2D eigenvalue weighted by molar-refractivity contribution is 5.97. The highest BCUT2D eigenvalue weighted by atomic mass is 16.3. The first kappa shape index (κ1) is 9.73. The first-order valence-electron chi connectivity index (χ1n) is 4.69. The van der Waals surface area contributed by atoms with Crippen molar-refractivity contribution in [1.29, 1.82) is 0 Å². The summed E-state index contributed by atoms with van der Waals surface area (Å²) >= 11 is 0. The van der Waals surface area contributed by atoms with Crippen LogP contribution in [0.15, 0.2) is 28.7 Å². The van der Waals surface area contributed by atoms with Gasteiger partial charge >= 0.3 is 0 Å². The average molecular weight is 204 g/mol. The summed E-state index contributed by atoms with van der Waals surface area (Å²) in [5, 5.41) is 3.47. The van der Waals surface area contributed by atoms with Gasteiger partial charge in [0.15, 0.2) is 0 Å². The highest BCUT2D eigenvalue weighted by Gasteiger charge is 2.07. The van der Waals surface area contributed by atoms with Crippen molar-refractivity contribution in [1.82, 2.24) is 5.32 Å². The lowest BCUT2D eigenvalue weighted by Crippen LogP contribution is -2.17. The van der Waals surface area contributed by atoms with Gasteiger partial charge in [-0.2, -0.15) is 0 Å². The number of fused-ring (bicyclic) bond motifs is 1. The Balaban J connectivity index is 2.50. The van der Waals surface area contributed by atoms with Crippen LogP contribution in [-0.4, -0.2) is 13.0 Å². The van der Waals surface area contributed by atoms with Gasteiger partial charge in [0.1, 0.15) is 11.3 Å². The molecule has 1 aromatic carbocycles. The third-order valence-corrected chi connectivity index (χ3v) is 2.26. The van der Waals surface area contributed by atoms with Crippen molar-refractivity contribution in [2.45, 2.75) is 6.54 Å². The molecule has 2 rings (SSSR count). The van der Waals surface area contributed by atoms with Crippen LogP contribution in [0.3, 0.4) is 0 Å². The lowest BCUT2D eigenvalue weighted by Gasteiger charge is -1.98. The molecule has 0 atom stereocenters. The van der Waals surface area contributed by atoms with E-state index in [9.17, 15) is 4.79 Å². The van der Waals surface area contributed by atoms with E-state index in [1.54, 1.807) is 25.2 Å². The van der Waals surface area contributed by atoms with E-state index >= 15 is 0 Å². The van der Waals surface area contributed by atoms with Crippen LogP contribution in [0.2, 0.25) is 0 Å². The van der Waals surface area contributed by atoms with Gasteiger partial charge in [-0.15, -0.1) is 0 Å². The van der Waals surface area contributed by atoms with Gasteiger partial charge in [-0.1, -0.05) is 0 Å². The molecule has 1 amide bonds. The molecule has 3 N–H and O–H groups in total. The second kappa shape index (κ2) is 3.74. The number of amides is 1. The van der Waals surface area contributed by atoms with Crippen molar-refractivity contribution in [3.8, 4) is 0 Å². The molecule has 0 spiro atoms. The predicted octanol–water partition coefficient (Wildman–Crippen LogP) is 1.25. The predicted molar refractivity (Wildman–Crippen MR) is 57.5 cm³/mol. The Morgan fingerprint density at radius 3 is 2.93 bits per heavy atom. The van der Waals surface area contributed by atoms with Crippen LogP contribution in [0.25, 0.3) is 11.0 Å². The number of rotatable bonds is 2.